The van der Waals surface area contributed by atoms with E-state index in [4.69, 9.17) is 5.73 Å². The second-order valence-corrected chi connectivity index (χ2v) is 9.12. The molecular formula is C22H34N4O7S. The number of benzene rings is 1. The first kappa shape index (κ1) is 29.2. The molecule has 0 aromatic heterocycles. The summed E-state index contributed by atoms with van der Waals surface area (Å²) in [5, 5.41) is 35.6. The minimum absolute atomic E-state index is 0.0712. The topological polar surface area (TPSA) is 191 Å². The number of carboxylic acids is 1. The van der Waals surface area contributed by atoms with Gasteiger partial charge in [0.1, 0.15) is 23.9 Å². The fourth-order valence-corrected chi connectivity index (χ4v) is 3.47. The van der Waals surface area contributed by atoms with Gasteiger partial charge in [-0.15, -0.1) is 0 Å². The van der Waals surface area contributed by atoms with Crippen molar-refractivity contribution in [2.45, 2.75) is 50.9 Å². The van der Waals surface area contributed by atoms with Crippen molar-refractivity contribution in [1.29, 1.82) is 0 Å². The second kappa shape index (κ2) is 14.4. The number of aliphatic hydroxyl groups is 1. The van der Waals surface area contributed by atoms with Crippen LogP contribution < -0.4 is 21.7 Å². The first-order valence-corrected chi connectivity index (χ1v) is 12.2. The van der Waals surface area contributed by atoms with Gasteiger partial charge in [0.15, 0.2) is 0 Å². The molecule has 8 N–H and O–H groups in total. The van der Waals surface area contributed by atoms with Crippen LogP contribution >= 0.6 is 11.8 Å². The molecule has 0 aliphatic carbocycles. The summed E-state index contributed by atoms with van der Waals surface area (Å²) in [6.45, 7) is 2.56. The molecule has 0 aliphatic rings. The van der Waals surface area contributed by atoms with Gasteiger partial charge >= 0.3 is 5.97 Å². The summed E-state index contributed by atoms with van der Waals surface area (Å²) in [4.78, 5) is 49.3. The highest BCUT2D eigenvalue weighted by atomic mass is 32.2. The highest BCUT2D eigenvalue weighted by Gasteiger charge is 2.31. The van der Waals surface area contributed by atoms with E-state index in [0.717, 1.165) is 0 Å². The van der Waals surface area contributed by atoms with E-state index in [2.05, 4.69) is 16.0 Å². The monoisotopic (exact) mass is 498 g/mol. The zero-order chi connectivity index (χ0) is 25.8. The van der Waals surface area contributed by atoms with E-state index in [1.807, 2.05) is 6.26 Å². The van der Waals surface area contributed by atoms with Crippen LogP contribution in [0.2, 0.25) is 0 Å². The molecule has 12 heteroatoms. The minimum Gasteiger partial charge on any atom is -0.508 e. The number of carbonyl (C=O) groups is 4. The van der Waals surface area contributed by atoms with Crippen molar-refractivity contribution >= 4 is 35.5 Å². The molecule has 0 saturated heterocycles. The van der Waals surface area contributed by atoms with E-state index in [9.17, 15) is 34.5 Å². The fourth-order valence-electron chi connectivity index (χ4n) is 3.00. The van der Waals surface area contributed by atoms with Crippen LogP contribution in [0.3, 0.4) is 0 Å². The van der Waals surface area contributed by atoms with Crippen molar-refractivity contribution < 1.29 is 34.5 Å². The summed E-state index contributed by atoms with van der Waals surface area (Å²) in [6.07, 6.45) is 2.17. The SMILES string of the molecule is CSCCC(NC(=O)C(CO)NC(=O)C(N)Cc1ccc(O)cc1)C(=O)NC(C(=O)O)C(C)C. The number of aliphatic hydroxyl groups excluding tert-OH is 1. The lowest BCUT2D eigenvalue weighted by molar-refractivity contribution is -0.143. The third kappa shape index (κ3) is 9.57. The van der Waals surface area contributed by atoms with Gasteiger partial charge in [0.2, 0.25) is 17.7 Å². The van der Waals surface area contributed by atoms with Crippen LogP contribution in [0.1, 0.15) is 25.8 Å². The van der Waals surface area contributed by atoms with E-state index in [1.165, 1.54) is 23.9 Å². The molecule has 4 unspecified atom stereocenters. The maximum Gasteiger partial charge on any atom is 0.326 e. The van der Waals surface area contributed by atoms with Gasteiger partial charge in [-0.1, -0.05) is 26.0 Å². The first-order valence-electron chi connectivity index (χ1n) is 10.8. The lowest BCUT2D eigenvalue weighted by Gasteiger charge is -2.25. The third-order valence-electron chi connectivity index (χ3n) is 5.02. The number of rotatable bonds is 14. The van der Waals surface area contributed by atoms with Crippen LogP contribution in [0.5, 0.6) is 5.75 Å². The Balaban J connectivity index is 2.81. The highest BCUT2D eigenvalue weighted by Crippen LogP contribution is 2.11. The van der Waals surface area contributed by atoms with Gasteiger partial charge in [-0.3, -0.25) is 14.4 Å². The molecule has 0 aliphatic heterocycles. The molecule has 0 bridgehead atoms. The predicted molar refractivity (Wildman–Crippen MR) is 128 cm³/mol. The highest BCUT2D eigenvalue weighted by molar-refractivity contribution is 7.98. The van der Waals surface area contributed by atoms with Crippen molar-refractivity contribution in [2.75, 3.05) is 18.6 Å². The molecule has 0 saturated carbocycles. The Morgan fingerprint density at radius 3 is 2.03 bits per heavy atom. The zero-order valence-electron chi connectivity index (χ0n) is 19.5. The Kier molecular flexibility index (Phi) is 12.4. The lowest BCUT2D eigenvalue weighted by atomic mass is 10.0. The number of nitrogens with two attached hydrogens (primary N) is 1. The summed E-state index contributed by atoms with van der Waals surface area (Å²) in [5.74, 6) is -3.15. The summed E-state index contributed by atoms with van der Waals surface area (Å²) in [6, 6.07) is 1.55. The molecule has 3 amide bonds. The Bertz CT molecular complexity index is 835. The van der Waals surface area contributed by atoms with Gasteiger partial charge in [0.25, 0.3) is 0 Å². The minimum atomic E-state index is -1.36. The predicted octanol–water partition coefficient (Wildman–Crippen LogP) is -0.798. The number of phenolic OH excluding ortho intramolecular Hbond substituents is 1. The number of nitrogens with one attached hydrogen (secondary N) is 3. The number of amides is 3. The summed E-state index contributed by atoms with van der Waals surface area (Å²) in [7, 11) is 0. The number of aromatic hydroxyl groups is 1. The molecular weight excluding hydrogens is 464 g/mol. The van der Waals surface area contributed by atoms with Gasteiger partial charge in [0.05, 0.1) is 12.6 Å². The Hall–Kier alpha value is -2.83. The van der Waals surface area contributed by atoms with Crippen molar-refractivity contribution in [3.63, 3.8) is 0 Å². The average Bonchev–Trinajstić information content (AvgIpc) is 2.78. The van der Waals surface area contributed by atoms with Gasteiger partial charge in [-0.2, -0.15) is 11.8 Å². The van der Waals surface area contributed by atoms with Crippen LogP contribution in [0, 0.1) is 5.92 Å². The number of thioether (sulfide) groups is 1. The molecule has 11 nitrogen and oxygen atoms in total. The lowest BCUT2D eigenvalue weighted by Crippen LogP contribution is -2.58. The van der Waals surface area contributed by atoms with Gasteiger partial charge in [0, 0.05) is 0 Å². The molecule has 190 valence electrons. The van der Waals surface area contributed by atoms with Gasteiger partial charge in [-0.25, -0.2) is 4.79 Å². The number of hydrogen-bond acceptors (Lipinski definition) is 8. The van der Waals surface area contributed by atoms with Crippen LogP contribution in [0.4, 0.5) is 0 Å². The largest absolute Gasteiger partial charge is 0.508 e. The average molecular weight is 499 g/mol. The molecule has 34 heavy (non-hydrogen) atoms. The molecule has 0 heterocycles. The van der Waals surface area contributed by atoms with E-state index in [-0.39, 0.29) is 24.5 Å². The molecule has 1 rings (SSSR count). The number of hydrogen-bond donors (Lipinski definition) is 7. The van der Waals surface area contributed by atoms with Crippen LogP contribution in [0.15, 0.2) is 24.3 Å². The summed E-state index contributed by atoms with van der Waals surface area (Å²) in [5.41, 5.74) is 6.60. The van der Waals surface area contributed by atoms with Crippen LogP contribution in [0.25, 0.3) is 0 Å². The van der Waals surface area contributed by atoms with E-state index < -0.39 is 54.5 Å². The van der Waals surface area contributed by atoms with Gasteiger partial charge < -0.3 is 37.0 Å². The van der Waals surface area contributed by atoms with Crippen LogP contribution in [-0.4, -0.2) is 81.8 Å². The number of carbonyl (C=O) groups excluding carboxylic acids is 3. The van der Waals surface area contributed by atoms with E-state index in [1.54, 1.807) is 26.0 Å². The Morgan fingerprint density at radius 1 is 0.971 bits per heavy atom. The Morgan fingerprint density at radius 2 is 1.53 bits per heavy atom. The zero-order valence-corrected chi connectivity index (χ0v) is 20.3. The van der Waals surface area contributed by atoms with Gasteiger partial charge in [-0.05, 0) is 48.5 Å². The van der Waals surface area contributed by atoms with E-state index in [0.29, 0.717) is 11.3 Å². The smallest absolute Gasteiger partial charge is 0.326 e. The molecule has 0 radical (unpaired) electrons. The first-order chi connectivity index (χ1) is 16.0. The number of phenols is 1. The van der Waals surface area contributed by atoms with Crippen molar-refractivity contribution in [2.24, 2.45) is 11.7 Å². The maximum absolute atomic E-state index is 12.7. The maximum atomic E-state index is 12.7. The fraction of sp³-hybridized carbons (Fsp3) is 0.545. The Labute approximate surface area is 202 Å². The molecule has 1 aromatic rings. The molecule has 0 fully saturated rings. The normalized spacial score (nSPS) is 14.5. The van der Waals surface area contributed by atoms with Crippen molar-refractivity contribution in [3.05, 3.63) is 29.8 Å². The quantitative estimate of drug-likeness (QED) is 0.172. The summed E-state index contributed by atoms with van der Waals surface area (Å²) >= 11 is 1.44. The van der Waals surface area contributed by atoms with E-state index >= 15 is 0 Å². The van der Waals surface area contributed by atoms with Crippen molar-refractivity contribution in [3.8, 4) is 5.75 Å². The number of aliphatic carboxylic acids is 1. The third-order valence-corrected chi connectivity index (χ3v) is 5.66. The molecule has 1 aromatic carbocycles. The number of carboxylic acid groups (broad SMARTS) is 1. The summed E-state index contributed by atoms with van der Waals surface area (Å²) < 4.78 is 0. The van der Waals surface area contributed by atoms with Crippen molar-refractivity contribution in [1.82, 2.24) is 16.0 Å². The molecule has 0 spiro atoms. The second-order valence-electron chi connectivity index (χ2n) is 8.13. The standard InChI is InChI=1S/C22H34N4O7S/c1-12(2)18(22(32)33)26-20(30)16(8-9-34-3)24-21(31)17(11-27)25-19(29)15(23)10-13-4-6-14(28)7-5-13/h4-7,12,15-18,27-28H,8-11,23H2,1-3H3,(H,24,31)(H,25,29)(H,26,30)(H,32,33). The molecule has 4 atom stereocenters. The van der Waals surface area contributed by atoms with Crippen LogP contribution in [-0.2, 0) is 25.6 Å².